The highest BCUT2D eigenvalue weighted by Crippen LogP contribution is 2.31. The van der Waals surface area contributed by atoms with Crippen LogP contribution in [0.1, 0.15) is 19.3 Å². The van der Waals surface area contributed by atoms with Crippen LogP contribution in [0.15, 0.2) is 18.2 Å². The van der Waals surface area contributed by atoms with Crippen molar-refractivity contribution >= 4 is 29.3 Å². The minimum atomic E-state index is -0.826. The number of halogens is 2. The number of nitrogens with one attached hydrogen (secondary N) is 2. The minimum absolute atomic E-state index is 0.0729. The van der Waals surface area contributed by atoms with Gasteiger partial charge < -0.3 is 15.7 Å². The van der Waals surface area contributed by atoms with Crippen LogP contribution in [0.4, 0.5) is 14.9 Å². The van der Waals surface area contributed by atoms with Crippen molar-refractivity contribution in [1.82, 2.24) is 5.32 Å². The molecule has 2 rings (SSSR count). The summed E-state index contributed by atoms with van der Waals surface area (Å²) in [4.78, 5) is 22.8. The Morgan fingerprint density at radius 2 is 2.14 bits per heavy atom. The van der Waals surface area contributed by atoms with Gasteiger partial charge in [0.25, 0.3) is 0 Å². The molecule has 0 saturated heterocycles. The number of rotatable bonds is 4. The van der Waals surface area contributed by atoms with Gasteiger partial charge in [0.1, 0.15) is 5.82 Å². The number of carboxylic acids is 1. The highest BCUT2D eigenvalue weighted by Gasteiger charge is 2.32. The Morgan fingerprint density at radius 1 is 1.38 bits per heavy atom. The molecule has 0 aromatic heterocycles. The van der Waals surface area contributed by atoms with E-state index in [1.165, 1.54) is 12.1 Å². The number of aliphatic carboxylic acids is 1. The molecule has 114 valence electrons. The first-order valence-corrected chi connectivity index (χ1v) is 7.08. The molecule has 2 unspecified atom stereocenters. The van der Waals surface area contributed by atoms with Crippen molar-refractivity contribution in [3.05, 3.63) is 29.0 Å². The second kappa shape index (κ2) is 6.76. The lowest BCUT2D eigenvalue weighted by molar-refractivity contribution is -0.142. The van der Waals surface area contributed by atoms with E-state index in [2.05, 4.69) is 10.6 Å². The molecule has 3 N–H and O–H groups in total. The van der Waals surface area contributed by atoms with E-state index >= 15 is 0 Å². The Labute approximate surface area is 126 Å². The van der Waals surface area contributed by atoms with Crippen molar-refractivity contribution in [3.63, 3.8) is 0 Å². The molecule has 1 saturated carbocycles. The van der Waals surface area contributed by atoms with Crippen LogP contribution in [0.25, 0.3) is 0 Å². The molecular formula is C14H16ClFN2O3. The molecular weight excluding hydrogens is 299 g/mol. The Bertz CT molecular complexity index is 553. The SMILES string of the molecule is O=C(NCC1CCCC1C(=O)O)Nc1cc(F)ccc1Cl. The predicted octanol–water partition coefficient (Wildman–Crippen LogP) is 3.10. The third-order valence-electron chi connectivity index (χ3n) is 3.68. The quantitative estimate of drug-likeness (QED) is 0.799. The lowest BCUT2D eigenvalue weighted by Gasteiger charge is -2.16. The van der Waals surface area contributed by atoms with Crippen molar-refractivity contribution in [3.8, 4) is 0 Å². The van der Waals surface area contributed by atoms with Crippen molar-refractivity contribution in [2.45, 2.75) is 19.3 Å². The van der Waals surface area contributed by atoms with Gasteiger partial charge in [0.05, 0.1) is 16.6 Å². The first-order chi connectivity index (χ1) is 9.97. The van der Waals surface area contributed by atoms with E-state index in [9.17, 15) is 14.0 Å². The maximum Gasteiger partial charge on any atom is 0.319 e. The minimum Gasteiger partial charge on any atom is -0.481 e. The van der Waals surface area contributed by atoms with Crippen LogP contribution in [0.2, 0.25) is 5.02 Å². The molecule has 5 nitrogen and oxygen atoms in total. The van der Waals surface area contributed by atoms with Crippen molar-refractivity contribution in [2.75, 3.05) is 11.9 Å². The van der Waals surface area contributed by atoms with Crippen LogP contribution < -0.4 is 10.6 Å². The predicted molar refractivity (Wildman–Crippen MR) is 76.9 cm³/mol. The molecule has 1 aromatic carbocycles. The van der Waals surface area contributed by atoms with Crippen LogP contribution in [-0.4, -0.2) is 23.7 Å². The summed E-state index contributed by atoms with van der Waals surface area (Å²) in [5.41, 5.74) is 0.176. The molecule has 7 heteroatoms. The second-order valence-electron chi connectivity index (χ2n) is 5.09. The van der Waals surface area contributed by atoms with Crippen LogP contribution in [0, 0.1) is 17.7 Å². The molecule has 2 atom stereocenters. The van der Waals surface area contributed by atoms with Crippen LogP contribution in [0.5, 0.6) is 0 Å². The smallest absolute Gasteiger partial charge is 0.319 e. The first-order valence-electron chi connectivity index (χ1n) is 6.70. The number of urea groups is 1. The zero-order valence-electron chi connectivity index (χ0n) is 11.2. The van der Waals surface area contributed by atoms with Crippen molar-refractivity contribution < 1.29 is 19.1 Å². The summed E-state index contributed by atoms with van der Waals surface area (Å²) in [6.07, 6.45) is 2.26. The molecule has 0 heterocycles. The summed E-state index contributed by atoms with van der Waals surface area (Å²) < 4.78 is 13.1. The molecule has 1 aliphatic carbocycles. The van der Waals surface area contributed by atoms with E-state index in [4.69, 9.17) is 16.7 Å². The fourth-order valence-electron chi connectivity index (χ4n) is 2.59. The molecule has 21 heavy (non-hydrogen) atoms. The highest BCUT2D eigenvalue weighted by molar-refractivity contribution is 6.33. The van der Waals surface area contributed by atoms with Crippen LogP contribution in [0.3, 0.4) is 0 Å². The maximum absolute atomic E-state index is 13.1. The Kier molecular flexibility index (Phi) is 5.01. The Balaban J connectivity index is 1.87. The van der Waals surface area contributed by atoms with Gasteiger partial charge in [0.15, 0.2) is 0 Å². The van der Waals surface area contributed by atoms with Gasteiger partial charge in [-0.1, -0.05) is 18.0 Å². The first kappa shape index (κ1) is 15.6. The molecule has 0 bridgehead atoms. The number of amides is 2. The zero-order chi connectivity index (χ0) is 15.4. The normalized spacial score (nSPS) is 21.0. The number of hydrogen-bond donors (Lipinski definition) is 3. The summed E-state index contributed by atoms with van der Waals surface area (Å²) in [6, 6.07) is 3.14. The second-order valence-corrected chi connectivity index (χ2v) is 5.50. The summed E-state index contributed by atoms with van der Waals surface area (Å²) in [5, 5.41) is 14.4. The van der Waals surface area contributed by atoms with Gasteiger partial charge in [-0.05, 0) is 37.0 Å². The third kappa shape index (κ3) is 4.07. The molecule has 1 aliphatic rings. The number of carbonyl (C=O) groups is 2. The topological polar surface area (TPSA) is 78.4 Å². The summed E-state index contributed by atoms with van der Waals surface area (Å²) >= 11 is 5.85. The molecule has 0 spiro atoms. The van der Waals surface area contributed by atoms with Crippen LogP contribution >= 0.6 is 11.6 Å². The average molecular weight is 315 g/mol. The summed E-state index contributed by atoms with van der Waals surface area (Å²) in [7, 11) is 0. The van der Waals surface area contributed by atoms with Crippen molar-refractivity contribution in [1.29, 1.82) is 0 Å². The zero-order valence-corrected chi connectivity index (χ0v) is 12.0. The lowest BCUT2D eigenvalue weighted by atomic mass is 9.96. The van der Waals surface area contributed by atoms with E-state index in [0.717, 1.165) is 18.9 Å². The number of benzene rings is 1. The van der Waals surface area contributed by atoms with Gasteiger partial charge in [-0.15, -0.1) is 0 Å². The number of hydrogen-bond acceptors (Lipinski definition) is 2. The summed E-state index contributed by atoms with van der Waals surface area (Å²) in [6.45, 7) is 0.274. The standard InChI is InChI=1S/C14H16ClFN2O3/c15-11-5-4-9(16)6-12(11)18-14(21)17-7-8-2-1-3-10(8)13(19)20/h4-6,8,10H,1-3,7H2,(H,19,20)(H2,17,18,21). The maximum atomic E-state index is 13.1. The number of carboxylic acid groups (broad SMARTS) is 1. The lowest BCUT2D eigenvalue weighted by Crippen LogP contribution is -2.35. The van der Waals surface area contributed by atoms with Gasteiger partial charge in [-0.3, -0.25) is 4.79 Å². The fraction of sp³-hybridized carbons (Fsp3) is 0.429. The molecule has 0 aliphatic heterocycles. The molecule has 2 amide bonds. The van der Waals surface area contributed by atoms with Gasteiger partial charge >= 0.3 is 12.0 Å². The van der Waals surface area contributed by atoms with Gasteiger partial charge in [-0.25, -0.2) is 9.18 Å². The number of anilines is 1. The molecule has 1 fully saturated rings. The molecule has 1 aromatic rings. The van der Waals surface area contributed by atoms with E-state index in [0.29, 0.717) is 6.42 Å². The van der Waals surface area contributed by atoms with E-state index < -0.39 is 23.7 Å². The largest absolute Gasteiger partial charge is 0.481 e. The fourth-order valence-corrected chi connectivity index (χ4v) is 2.75. The van der Waals surface area contributed by atoms with E-state index in [1.54, 1.807) is 0 Å². The van der Waals surface area contributed by atoms with Gasteiger partial charge in [0.2, 0.25) is 0 Å². The van der Waals surface area contributed by atoms with Gasteiger partial charge in [0, 0.05) is 6.54 Å². The van der Waals surface area contributed by atoms with Gasteiger partial charge in [-0.2, -0.15) is 0 Å². The Hall–Kier alpha value is -1.82. The summed E-state index contributed by atoms with van der Waals surface area (Å²) in [5.74, 6) is -1.82. The highest BCUT2D eigenvalue weighted by atomic mass is 35.5. The van der Waals surface area contributed by atoms with Crippen molar-refractivity contribution in [2.24, 2.45) is 11.8 Å². The van der Waals surface area contributed by atoms with E-state index in [-0.39, 0.29) is 23.2 Å². The third-order valence-corrected chi connectivity index (χ3v) is 4.01. The Morgan fingerprint density at radius 3 is 2.86 bits per heavy atom. The van der Waals surface area contributed by atoms with E-state index in [1.807, 2.05) is 0 Å². The monoisotopic (exact) mass is 314 g/mol. The molecule has 0 radical (unpaired) electrons. The average Bonchev–Trinajstić information content (AvgIpc) is 2.89. The number of carbonyl (C=O) groups excluding carboxylic acids is 1. The van der Waals surface area contributed by atoms with Crippen LogP contribution in [-0.2, 0) is 4.79 Å².